The molecule has 5 N–H and O–H groups in total. The summed E-state index contributed by atoms with van der Waals surface area (Å²) in [5.41, 5.74) is 9.57. The number of quaternary nitrogens is 1. The minimum absolute atomic E-state index is 0.0653. The number of piperidine rings is 1. The molecule has 2 heterocycles. The van der Waals surface area contributed by atoms with Gasteiger partial charge >= 0.3 is 0 Å². The van der Waals surface area contributed by atoms with E-state index in [2.05, 4.69) is 90.2 Å². The van der Waals surface area contributed by atoms with Gasteiger partial charge in [-0.2, -0.15) is 0 Å². The molecule has 1 saturated heterocycles. The van der Waals surface area contributed by atoms with Crippen LogP contribution in [0.4, 0.5) is 11.4 Å². The lowest BCUT2D eigenvalue weighted by Crippen LogP contribution is -3.16. The number of carbonyl (C=O) groups excluding carboxylic acids is 2. The summed E-state index contributed by atoms with van der Waals surface area (Å²) >= 11 is 0. The van der Waals surface area contributed by atoms with Gasteiger partial charge in [0.15, 0.2) is 0 Å². The molecular weight excluding hydrogens is 685 g/mol. The van der Waals surface area contributed by atoms with Crippen LogP contribution in [-0.4, -0.2) is 69.7 Å². The molecule has 1 aliphatic heterocycles. The molecule has 288 valence electrons. The van der Waals surface area contributed by atoms with Crippen LogP contribution < -0.4 is 31.3 Å². The van der Waals surface area contributed by atoms with Crippen LogP contribution >= 0.6 is 0 Å². The molecule has 1 fully saturated rings. The number of aromatic nitrogens is 1. The number of nitrogens with zero attached hydrogens (tertiary/aromatic N) is 1. The predicted molar refractivity (Wildman–Crippen MR) is 226 cm³/mol. The van der Waals surface area contributed by atoms with Crippen LogP contribution in [0.5, 0.6) is 0 Å². The average molecular weight is 742 g/mol. The van der Waals surface area contributed by atoms with E-state index < -0.39 is 0 Å². The molecule has 2 amide bonds. The SMILES string of the molecule is CN(C)c1ccc2c(c1)C(C)(C)C1=CC3C(=CC1=C2)CCC[NH+]3CCCC(=O)NCCCCCCNCC(=O)Nc1ccc2[nH]c(=O)c3ccccc3c2c1. The minimum atomic E-state index is -0.117. The number of nitrogens with one attached hydrogen (secondary N) is 5. The Bertz CT molecular complexity index is 2230. The van der Waals surface area contributed by atoms with Gasteiger partial charge in [0.25, 0.3) is 5.56 Å². The highest BCUT2D eigenvalue weighted by molar-refractivity contribution is 6.07. The summed E-state index contributed by atoms with van der Waals surface area (Å²) in [5, 5.41) is 11.7. The highest BCUT2D eigenvalue weighted by atomic mass is 16.2. The number of anilines is 2. The van der Waals surface area contributed by atoms with Crippen LogP contribution in [0.3, 0.4) is 0 Å². The molecule has 3 aromatic carbocycles. The van der Waals surface area contributed by atoms with Crippen LogP contribution in [0.25, 0.3) is 27.8 Å². The third-order valence-corrected chi connectivity index (χ3v) is 11.8. The number of hydrogen-bond acceptors (Lipinski definition) is 5. The van der Waals surface area contributed by atoms with Crippen molar-refractivity contribution in [3.63, 3.8) is 0 Å². The molecule has 2 unspecified atom stereocenters. The van der Waals surface area contributed by atoms with E-state index >= 15 is 0 Å². The molecule has 2 atom stereocenters. The maximum Gasteiger partial charge on any atom is 0.256 e. The number of hydrogen-bond donors (Lipinski definition) is 5. The second kappa shape index (κ2) is 16.8. The third-order valence-electron chi connectivity index (χ3n) is 11.8. The molecule has 1 aromatic heterocycles. The van der Waals surface area contributed by atoms with Crippen molar-refractivity contribution >= 4 is 50.9 Å². The summed E-state index contributed by atoms with van der Waals surface area (Å²) < 4.78 is 0. The van der Waals surface area contributed by atoms with E-state index in [0.29, 0.717) is 30.1 Å². The van der Waals surface area contributed by atoms with Crippen LogP contribution in [0.15, 0.2) is 94.3 Å². The van der Waals surface area contributed by atoms with Crippen LogP contribution in [-0.2, 0) is 15.0 Å². The van der Waals surface area contributed by atoms with Crippen molar-refractivity contribution in [2.45, 2.75) is 76.7 Å². The van der Waals surface area contributed by atoms with Gasteiger partial charge in [-0.15, -0.1) is 0 Å². The lowest BCUT2D eigenvalue weighted by molar-refractivity contribution is -0.917. The van der Waals surface area contributed by atoms with Crippen LogP contribution in [0, 0.1) is 0 Å². The molecule has 4 aromatic rings. The van der Waals surface area contributed by atoms with Gasteiger partial charge in [0.1, 0.15) is 6.04 Å². The van der Waals surface area contributed by atoms with E-state index in [1.54, 1.807) is 16.5 Å². The monoisotopic (exact) mass is 741 g/mol. The minimum Gasteiger partial charge on any atom is -0.378 e. The fourth-order valence-electron chi connectivity index (χ4n) is 8.78. The Morgan fingerprint density at radius 2 is 1.69 bits per heavy atom. The average Bonchev–Trinajstić information content (AvgIpc) is 3.17. The third kappa shape index (κ3) is 8.63. The maximum absolute atomic E-state index is 12.7. The zero-order valence-electron chi connectivity index (χ0n) is 32.9. The Kier molecular flexibility index (Phi) is 11.7. The number of fused-ring (bicyclic) bond motifs is 6. The number of pyridine rings is 1. The van der Waals surface area contributed by atoms with Gasteiger partial charge in [-0.05, 0) is 114 Å². The van der Waals surface area contributed by atoms with Crippen molar-refractivity contribution in [1.82, 2.24) is 15.6 Å². The molecule has 0 radical (unpaired) electrons. The van der Waals surface area contributed by atoms with Crippen molar-refractivity contribution in [1.29, 1.82) is 0 Å². The molecule has 2 aliphatic carbocycles. The van der Waals surface area contributed by atoms with E-state index in [4.69, 9.17) is 0 Å². The lowest BCUT2D eigenvalue weighted by atomic mass is 9.66. The van der Waals surface area contributed by atoms with Gasteiger partial charge in [-0.25, -0.2) is 0 Å². The number of benzene rings is 3. The van der Waals surface area contributed by atoms with Gasteiger partial charge in [-0.1, -0.05) is 51.0 Å². The molecule has 0 bridgehead atoms. The summed E-state index contributed by atoms with van der Waals surface area (Å²) in [4.78, 5) is 44.4. The van der Waals surface area contributed by atoms with E-state index in [1.165, 1.54) is 34.4 Å². The van der Waals surface area contributed by atoms with Crippen LogP contribution in [0.2, 0.25) is 0 Å². The largest absolute Gasteiger partial charge is 0.378 e. The molecule has 3 aliphatic rings. The summed E-state index contributed by atoms with van der Waals surface area (Å²) in [6.07, 6.45) is 15.3. The zero-order valence-corrected chi connectivity index (χ0v) is 32.9. The number of carbonyl (C=O) groups is 2. The Hall–Kier alpha value is -4.99. The predicted octanol–water partition coefficient (Wildman–Crippen LogP) is 6.02. The second-order valence-corrected chi connectivity index (χ2v) is 16.3. The number of amides is 2. The van der Waals surface area contributed by atoms with Crippen molar-refractivity contribution in [3.8, 4) is 0 Å². The quantitative estimate of drug-likeness (QED) is 0.0757. The Morgan fingerprint density at radius 1 is 0.891 bits per heavy atom. The normalized spacial score (nSPS) is 18.4. The van der Waals surface area contributed by atoms with E-state index in [1.807, 2.05) is 36.4 Å². The number of aromatic amines is 1. The van der Waals surface area contributed by atoms with E-state index in [9.17, 15) is 14.4 Å². The van der Waals surface area contributed by atoms with Crippen LogP contribution in [0.1, 0.15) is 76.3 Å². The molecule has 0 spiro atoms. The standard InChI is InChI=1S/C46H56N6O3/c1-46(2)39-28-35(51(3)4)19-17-31(39)25-33-26-32-13-11-23-52(42(32)29-40(33)46)24-12-16-43(53)48-22-10-6-5-9-21-47-30-44(54)49-34-18-20-41-38(27-34)36-14-7-8-15-37(36)45(55)50-41/h7-8,14-15,17-20,25-29,42,47H,5-6,9-13,16,21-24,30H2,1-4H3,(H,48,53)(H,49,54)(H,50,55)/p+1. The smallest absolute Gasteiger partial charge is 0.256 e. The lowest BCUT2D eigenvalue weighted by Gasteiger charge is -2.42. The van der Waals surface area contributed by atoms with Crippen molar-refractivity contribution < 1.29 is 14.5 Å². The number of unbranched alkanes of at least 4 members (excludes halogenated alkanes) is 3. The van der Waals surface area contributed by atoms with E-state index in [0.717, 1.165) is 74.4 Å². The number of likely N-dealkylation sites (tertiary alicyclic amines) is 1. The fraction of sp³-hybridized carbons (Fsp3) is 0.413. The van der Waals surface area contributed by atoms with Gasteiger partial charge in [0.2, 0.25) is 11.8 Å². The van der Waals surface area contributed by atoms with Gasteiger partial charge in [-0.3, -0.25) is 14.4 Å². The highest BCUT2D eigenvalue weighted by Gasteiger charge is 2.39. The van der Waals surface area contributed by atoms with Crippen molar-refractivity contribution in [2.75, 3.05) is 57.0 Å². The first-order valence-electron chi connectivity index (χ1n) is 20.2. The van der Waals surface area contributed by atoms with E-state index in [-0.39, 0.29) is 29.3 Å². The first-order valence-corrected chi connectivity index (χ1v) is 20.2. The number of rotatable bonds is 15. The first-order chi connectivity index (χ1) is 26.6. The van der Waals surface area contributed by atoms with Gasteiger partial charge in [0.05, 0.1) is 19.6 Å². The summed E-state index contributed by atoms with van der Waals surface area (Å²) in [6, 6.07) is 20.3. The summed E-state index contributed by atoms with van der Waals surface area (Å²) in [6.45, 7) is 8.61. The Morgan fingerprint density at radius 3 is 2.51 bits per heavy atom. The number of H-pyrrole nitrogens is 1. The van der Waals surface area contributed by atoms with Gasteiger partial charge < -0.3 is 30.7 Å². The van der Waals surface area contributed by atoms with Crippen molar-refractivity contribution in [2.24, 2.45) is 0 Å². The molecule has 9 heteroatoms. The Balaban J connectivity index is 0.778. The molecule has 55 heavy (non-hydrogen) atoms. The molecule has 7 rings (SSSR count). The second-order valence-electron chi connectivity index (χ2n) is 16.3. The first kappa shape index (κ1) is 38.3. The summed E-state index contributed by atoms with van der Waals surface area (Å²) in [5.74, 6) is 0.0523. The highest BCUT2D eigenvalue weighted by Crippen LogP contribution is 2.46. The molecule has 0 saturated carbocycles. The summed E-state index contributed by atoms with van der Waals surface area (Å²) in [7, 11) is 4.21. The fourth-order valence-corrected chi connectivity index (χ4v) is 8.78. The van der Waals surface area contributed by atoms with Gasteiger partial charge in [0, 0.05) is 73.0 Å². The zero-order chi connectivity index (χ0) is 38.5. The topological polar surface area (TPSA) is 111 Å². The molecular formula is C46H57N6O3+. The Labute approximate surface area is 324 Å². The number of allylic oxidation sites excluding steroid dienone is 3. The molecule has 9 nitrogen and oxygen atoms in total. The maximum atomic E-state index is 12.7. The van der Waals surface area contributed by atoms with Crippen molar-refractivity contribution in [3.05, 3.63) is 111 Å².